The molecule has 0 radical (unpaired) electrons. The molecule has 1 saturated carbocycles. The molecule has 1 aliphatic rings. The molecule has 0 bridgehead atoms. The van der Waals surface area contributed by atoms with Gasteiger partial charge in [-0.25, -0.2) is 0 Å². The summed E-state index contributed by atoms with van der Waals surface area (Å²) in [6, 6.07) is 7.32. The van der Waals surface area contributed by atoms with Gasteiger partial charge in [-0.2, -0.15) is 0 Å². The van der Waals surface area contributed by atoms with Gasteiger partial charge in [0.25, 0.3) is 0 Å². The van der Waals surface area contributed by atoms with Gasteiger partial charge in [0.15, 0.2) is 0 Å². The van der Waals surface area contributed by atoms with Gasteiger partial charge in [0, 0.05) is 23.1 Å². The zero-order chi connectivity index (χ0) is 15.4. The van der Waals surface area contributed by atoms with Crippen LogP contribution in [0.5, 0.6) is 0 Å². The highest BCUT2D eigenvalue weighted by Gasteiger charge is 2.33. The minimum absolute atomic E-state index is 0.153. The van der Waals surface area contributed by atoms with Gasteiger partial charge in [-0.1, -0.05) is 35.0 Å². The average Bonchev–Trinajstić information content (AvgIpc) is 2.39. The molecule has 1 fully saturated rings. The first-order chi connectivity index (χ1) is 9.99. The normalized spacial score (nSPS) is 21.3. The van der Waals surface area contributed by atoms with Gasteiger partial charge < -0.3 is 10.4 Å². The quantitative estimate of drug-likeness (QED) is 0.790. The molecule has 21 heavy (non-hydrogen) atoms. The van der Waals surface area contributed by atoms with Crippen LogP contribution in [-0.2, 0) is 11.3 Å². The smallest absolute Gasteiger partial charge is 0.317 e. The molecule has 0 aliphatic heterocycles. The van der Waals surface area contributed by atoms with Crippen LogP contribution in [0.15, 0.2) is 22.7 Å². The van der Waals surface area contributed by atoms with E-state index in [1.54, 1.807) is 0 Å². The van der Waals surface area contributed by atoms with Gasteiger partial charge in [-0.05, 0) is 43.5 Å². The summed E-state index contributed by atoms with van der Waals surface area (Å²) >= 11 is 3.51. The average molecular weight is 355 g/mol. The summed E-state index contributed by atoms with van der Waals surface area (Å²) in [6.07, 6.45) is 2.08. The van der Waals surface area contributed by atoms with E-state index >= 15 is 0 Å². The molecule has 0 saturated heterocycles. The van der Waals surface area contributed by atoms with Gasteiger partial charge >= 0.3 is 5.97 Å². The Kier molecular flexibility index (Phi) is 5.79. The third kappa shape index (κ3) is 4.53. The molecule has 0 aromatic heterocycles. The van der Waals surface area contributed by atoms with Crippen molar-refractivity contribution in [3.05, 3.63) is 33.8 Å². The van der Waals surface area contributed by atoms with Crippen LogP contribution in [0.3, 0.4) is 0 Å². The number of nitrogens with one attached hydrogen (secondary N) is 1. The van der Waals surface area contributed by atoms with E-state index in [2.05, 4.69) is 46.4 Å². The minimum Gasteiger partial charge on any atom is -0.480 e. The van der Waals surface area contributed by atoms with Gasteiger partial charge in [0.05, 0.1) is 6.54 Å². The van der Waals surface area contributed by atoms with E-state index in [0.29, 0.717) is 12.1 Å². The predicted octanol–water partition coefficient (Wildman–Crippen LogP) is 2.78. The van der Waals surface area contributed by atoms with Crippen LogP contribution in [0, 0.1) is 6.92 Å². The highest BCUT2D eigenvalue weighted by Crippen LogP contribution is 2.26. The Labute approximate surface area is 134 Å². The number of carbonyl (C=O) groups is 1. The fourth-order valence-electron chi connectivity index (χ4n) is 2.80. The lowest BCUT2D eigenvalue weighted by molar-refractivity contribution is -0.139. The summed E-state index contributed by atoms with van der Waals surface area (Å²) in [5.74, 6) is -0.737. The van der Waals surface area contributed by atoms with Crippen molar-refractivity contribution in [3.8, 4) is 0 Å². The van der Waals surface area contributed by atoms with Crippen molar-refractivity contribution < 1.29 is 9.90 Å². The highest BCUT2D eigenvalue weighted by atomic mass is 79.9. The predicted molar refractivity (Wildman–Crippen MR) is 87.4 cm³/mol. The first-order valence-electron chi connectivity index (χ1n) is 7.43. The molecular weight excluding hydrogens is 332 g/mol. The van der Waals surface area contributed by atoms with Crippen molar-refractivity contribution >= 4 is 21.9 Å². The van der Waals surface area contributed by atoms with Crippen molar-refractivity contribution in [2.75, 3.05) is 13.1 Å². The lowest BCUT2D eigenvalue weighted by Crippen LogP contribution is -2.53. The molecule has 2 N–H and O–H groups in total. The van der Waals surface area contributed by atoms with Crippen LogP contribution in [0.2, 0.25) is 0 Å². The number of hydrogen-bond donors (Lipinski definition) is 2. The lowest BCUT2D eigenvalue weighted by Gasteiger charge is -2.42. The number of halogens is 1. The van der Waals surface area contributed by atoms with Crippen LogP contribution < -0.4 is 5.32 Å². The van der Waals surface area contributed by atoms with E-state index in [1.165, 1.54) is 11.1 Å². The van der Waals surface area contributed by atoms with E-state index in [1.807, 2.05) is 11.8 Å². The maximum Gasteiger partial charge on any atom is 0.317 e. The number of nitrogens with zero attached hydrogens (tertiary/aromatic N) is 1. The van der Waals surface area contributed by atoms with Crippen molar-refractivity contribution in [2.45, 2.75) is 45.3 Å². The Morgan fingerprint density at radius 2 is 2.19 bits per heavy atom. The van der Waals surface area contributed by atoms with Gasteiger partial charge in [0.2, 0.25) is 0 Å². The topological polar surface area (TPSA) is 52.6 Å². The molecule has 0 amide bonds. The molecule has 0 atom stereocenters. The number of hydrogen-bond acceptors (Lipinski definition) is 3. The third-order valence-corrected chi connectivity index (χ3v) is 5.08. The van der Waals surface area contributed by atoms with E-state index in [0.717, 1.165) is 30.4 Å². The number of carboxylic acid groups (broad SMARTS) is 1. The fraction of sp³-hybridized carbons (Fsp3) is 0.562. The molecule has 116 valence electrons. The second-order valence-electron chi connectivity index (χ2n) is 5.74. The van der Waals surface area contributed by atoms with Crippen LogP contribution >= 0.6 is 15.9 Å². The van der Waals surface area contributed by atoms with Gasteiger partial charge in [0.1, 0.15) is 0 Å². The van der Waals surface area contributed by atoms with Crippen LogP contribution in [-0.4, -0.2) is 41.1 Å². The first-order valence-corrected chi connectivity index (χ1v) is 8.23. The Morgan fingerprint density at radius 1 is 1.48 bits per heavy atom. The Hall–Kier alpha value is -0.910. The summed E-state index contributed by atoms with van der Waals surface area (Å²) in [5, 5.41) is 12.4. The lowest BCUT2D eigenvalue weighted by atomic mass is 9.85. The van der Waals surface area contributed by atoms with E-state index < -0.39 is 5.97 Å². The Bertz CT molecular complexity index is 501. The molecule has 0 heterocycles. The number of rotatable bonds is 7. The molecule has 5 heteroatoms. The number of likely N-dealkylation sites (N-methyl/N-ethyl adjacent to an activating group) is 1. The molecule has 2 rings (SSSR count). The summed E-state index contributed by atoms with van der Waals surface area (Å²) in [4.78, 5) is 12.8. The molecule has 1 aliphatic carbocycles. The molecule has 4 nitrogen and oxygen atoms in total. The maximum absolute atomic E-state index is 10.8. The van der Waals surface area contributed by atoms with E-state index in [4.69, 9.17) is 5.11 Å². The van der Waals surface area contributed by atoms with Gasteiger partial charge in [-0.15, -0.1) is 0 Å². The summed E-state index contributed by atoms with van der Waals surface area (Å²) < 4.78 is 1.14. The number of aryl methyl sites for hydroxylation is 1. The Balaban J connectivity index is 1.75. The number of carboxylic acids is 1. The molecule has 1 aromatic rings. The number of benzene rings is 1. The zero-order valence-electron chi connectivity index (χ0n) is 12.6. The van der Waals surface area contributed by atoms with Crippen molar-refractivity contribution in [1.82, 2.24) is 10.2 Å². The number of aliphatic carboxylic acids is 1. The van der Waals surface area contributed by atoms with E-state index in [-0.39, 0.29) is 6.54 Å². The second-order valence-corrected chi connectivity index (χ2v) is 6.60. The molecular formula is C16H23BrN2O2. The van der Waals surface area contributed by atoms with Crippen molar-refractivity contribution in [3.63, 3.8) is 0 Å². The molecule has 0 spiro atoms. The second kappa shape index (κ2) is 7.38. The minimum atomic E-state index is -0.737. The summed E-state index contributed by atoms with van der Waals surface area (Å²) in [7, 11) is 0. The summed E-state index contributed by atoms with van der Waals surface area (Å²) in [5.41, 5.74) is 2.54. The zero-order valence-corrected chi connectivity index (χ0v) is 14.2. The van der Waals surface area contributed by atoms with E-state index in [9.17, 15) is 4.79 Å². The van der Waals surface area contributed by atoms with Crippen LogP contribution in [0.1, 0.15) is 30.9 Å². The highest BCUT2D eigenvalue weighted by molar-refractivity contribution is 9.10. The SMILES string of the molecule is CCN(CC(=O)O)C1CC(NCc2ccc(Br)c(C)c2)C1. The molecule has 1 aromatic carbocycles. The van der Waals surface area contributed by atoms with Crippen molar-refractivity contribution in [1.29, 1.82) is 0 Å². The third-order valence-electron chi connectivity index (χ3n) is 4.19. The fourth-order valence-corrected chi connectivity index (χ4v) is 3.05. The van der Waals surface area contributed by atoms with Crippen molar-refractivity contribution in [2.24, 2.45) is 0 Å². The standard InChI is InChI=1S/C16H23BrN2O2/c1-3-19(10-16(20)21)14-7-13(8-14)18-9-12-4-5-15(17)11(2)6-12/h4-6,13-14,18H,3,7-10H2,1-2H3,(H,20,21). The van der Waals surface area contributed by atoms with Gasteiger partial charge in [-0.3, -0.25) is 9.69 Å². The monoisotopic (exact) mass is 354 g/mol. The first kappa shape index (κ1) is 16.5. The van der Waals surface area contributed by atoms with Crippen LogP contribution in [0.25, 0.3) is 0 Å². The van der Waals surface area contributed by atoms with Crippen LogP contribution in [0.4, 0.5) is 0 Å². The Morgan fingerprint density at radius 3 is 2.76 bits per heavy atom. The largest absolute Gasteiger partial charge is 0.480 e. The maximum atomic E-state index is 10.8. The molecule has 0 unspecified atom stereocenters. The summed E-state index contributed by atoms with van der Waals surface area (Å²) in [6.45, 7) is 5.94.